The lowest BCUT2D eigenvalue weighted by Crippen LogP contribution is -2.04. The number of nitriles is 5. The number of benzene rings is 6. The average molecular weight is 676 g/mol. The zero-order valence-electron chi connectivity index (χ0n) is 27.6. The van der Waals surface area contributed by atoms with Crippen molar-refractivity contribution >= 4 is 21.8 Å². The number of hydrogen-bond donors (Lipinski definition) is 0. The van der Waals surface area contributed by atoms with Crippen LogP contribution in [-0.4, -0.2) is 19.5 Å². The van der Waals surface area contributed by atoms with E-state index in [2.05, 4.69) is 30.3 Å². The third kappa shape index (κ3) is 5.45. The van der Waals surface area contributed by atoms with E-state index in [-0.39, 0.29) is 28.1 Å². The van der Waals surface area contributed by atoms with Crippen LogP contribution >= 0.6 is 0 Å². The predicted octanol–water partition coefficient (Wildman–Crippen LogP) is 9.00. The van der Waals surface area contributed by atoms with E-state index in [1.54, 1.807) is 18.2 Å². The topological polar surface area (TPSA) is 163 Å². The first-order valence-electron chi connectivity index (χ1n) is 16.3. The lowest BCUT2D eigenvalue weighted by Gasteiger charge is -2.15. The first-order valence-corrected chi connectivity index (χ1v) is 16.3. The number of aromatic nitrogens is 4. The van der Waals surface area contributed by atoms with E-state index in [0.29, 0.717) is 33.9 Å². The van der Waals surface area contributed by atoms with Crippen LogP contribution in [0.4, 0.5) is 0 Å². The van der Waals surface area contributed by atoms with Gasteiger partial charge in [-0.15, -0.1) is 0 Å². The highest BCUT2D eigenvalue weighted by atomic mass is 15.0. The highest BCUT2D eigenvalue weighted by Gasteiger charge is 2.24. The summed E-state index contributed by atoms with van der Waals surface area (Å²) in [5.74, 6) is 0.926. The van der Waals surface area contributed by atoms with E-state index in [4.69, 9.17) is 15.0 Å². The van der Waals surface area contributed by atoms with Gasteiger partial charge in [0, 0.05) is 38.7 Å². The molecule has 0 aliphatic heterocycles. The Labute approximate surface area is 303 Å². The molecule has 0 saturated heterocycles. The SMILES string of the molecule is N#Cc1ccc2c(c1)c1cc(C#N)ccc1n2-c1ccc(-c2c(C#N)cc(-c3nc(-c4ccccc4)nc(-c4ccccc4)n3)c(C#N)c2C#N)cc1. The minimum atomic E-state index is 0.0298. The molecule has 9 heteroatoms. The molecule has 0 unspecified atom stereocenters. The number of hydrogen-bond acceptors (Lipinski definition) is 8. The van der Waals surface area contributed by atoms with Crippen molar-refractivity contribution in [3.05, 3.63) is 155 Å². The normalized spacial score (nSPS) is 10.5. The second kappa shape index (κ2) is 13.1. The minimum absolute atomic E-state index is 0.0298. The first-order chi connectivity index (χ1) is 26.0. The van der Waals surface area contributed by atoms with Crippen molar-refractivity contribution in [1.82, 2.24) is 19.5 Å². The van der Waals surface area contributed by atoms with Gasteiger partial charge in [-0.2, -0.15) is 26.3 Å². The van der Waals surface area contributed by atoms with Crippen LogP contribution in [0.2, 0.25) is 0 Å². The van der Waals surface area contributed by atoms with Crippen molar-refractivity contribution in [1.29, 1.82) is 26.3 Å². The molecule has 0 spiro atoms. The third-order valence-electron chi connectivity index (χ3n) is 9.05. The first kappa shape index (κ1) is 31.8. The lowest BCUT2D eigenvalue weighted by atomic mass is 9.88. The Morgan fingerprint density at radius 3 is 1.42 bits per heavy atom. The average Bonchev–Trinajstić information content (AvgIpc) is 3.56. The molecular formula is C44H21N9. The summed E-state index contributed by atoms with van der Waals surface area (Å²) in [5.41, 5.74) is 6.33. The molecule has 0 N–H and O–H groups in total. The van der Waals surface area contributed by atoms with Gasteiger partial charge >= 0.3 is 0 Å². The van der Waals surface area contributed by atoms with Gasteiger partial charge in [0.1, 0.15) is 12.1 Å². The van der Waals surface area contributed by atoms with Gasteiger partial charge in [-0.25, -0.2) is 15.0 Å². The zero-order chi connectivity index (χ0) is 36.5. The quantitative estimate of drug-likeness (QED) is 0.174. The second-order valence-electron chi connectivity index (χ2n) is 12.0. The lowest BCUT2D eigenvalue weighted by molar-refractivity contribution is 1.07. The Morgan fingerprint density at radius 2 is 0.943 bits per heavy atom. The molecule has 0 amide bonds. The van der Waals surface area contributed by atoms with E-state index in [1.165, 1.54) is 0 Å². The van der Waals surface area contributed by atoms with Gasteiger partial charge < -0.3 is 4.57 Å². The zero-order valence-corrected chi connectivity index (χ0v) is 27.6. The van der Waals surface area contributed by atoms with Gasteiger partial charge in [-0.05, 0) is 60.2 Å². The number of rotatable bonds is 5. The summed E-state index contributed by atoms with van der Waals surface area (Å²) in [7, 11) is 0. The fraction of sp³-hybridized carbons (Fsp3) is 0. The predicted molar refractivity (Wildman–Crippen MR) is 199 cm³/mol. The molecule has 9 nitrogen and oxygen atoms in total. The second-order valence-corrected chi connectivity index (χ2v) is 12.0. The molecule has 2 heterocycles. The molecule has 242 valence electrons. The molecule has 8 aromatic rings. The standard InChI is InChI=1S/C44H21N9/c45-22-27-11-17-39-34(19-27)35-20-28(23-46)12-18-40(35)53(39)33-15-13-29(14-16-33)41-32(24-47)21-36(37(25-48)38(41)26-49)44-51-42(30-7-3-1-4-8-30)50-43(52-44)31-9-5-2-6-10-31/h1-21H. The molecule has 8 rings (SSSR count). The summed E-state index contributed by atoms with van der Waals surface area (Å²) >= 11 is 0. The summed E-state index contributed by atoms with van der Waals surface area (Å²) in [6, 6.07) is 49.6. The minimum Gasteiger partial charge on any atom is -0.309 e. The maximum atomic E-state index is 10.6. The molecular weight excluding hydrogens is 655 g/mol. The van der Waals surface area contributed by atoms with Crippen molar-refractivity contribution in [2.45, 2.75) is 0 Å². The van der Waals surface area contributed by atoms with Crippen LogP contribution in [0.15, 0.2) is 127 Å². The fourth-order valence-electron chi connectivity index (χ4n) is 6.62. The Morgan fingerprint density at radius 1 is 0.434 bits per heavy atom. The summed E-state index contributed by atoms with van der Waals surface area (Å²) in [6.07, 6.45) is 0. The van der Waals surface area contributed by atoms with Crippen LogP contribution in [0.1, 0.15) is 27.8 Å². The van der Waals surface area contributed by atoms with Gasteiger partial charge in [0.25, 0.3) is 0 Å². The molecule has 0 radical (unpaired) electrons. The van der Waals surface area contributed by atoms with E-state index >= 15 is 0 Å². The van der Waals surface area contributed by atoms with E-state index in [0.717, 1.165) is 38.6 Å². The van der Waals surface area contributed by atoms with Gasteiger partial charge in [0.15, 0.2) is 17.5 Å². The smallest absolute Gasteiger partial charge is 0.165 e. The summed E-state index contributed by atoms with van der Waals surface area (Å²) in [5, 5.41) is 52.4. The van der Waals surface area contributed by atoms with Gasteiger partial charge in [-0.1, -0.05) is 72.8 Å². The van der Waals surface area contributed by atoms with Crippen LogP contribution in [0, 0.1) is 56.7 Å². The molecule has 0 fully saturated rings. The molecule has 53 heavy (non-hydrogen) atoms. The van der Waals surface area contributed by atoms with E-state index < -0.39 is 0 Å². The van der Waals surface area contributed by atoms with Crippen molar-refractivity contribution in [3.63, 3.8) is 0 Å². The maximum Gasteiger partial charge on any atom is 0.165 e. The highest BCUT2D eigenvalue weighted by molar-refractivity contribution is 6.10. The van der Waals surface area contributed by atoms with Crippen molar-refractivity contribution in [3.8, 4) is 81.3 Å². The molecule has 0 atom stereocenters. The summed E-state index contributed by atoms with van der Waals surface area (Å²) in [6.45, 7) is 0. The van der Waals surface area contributed by atoms with Gasteiger partial charge in [-0.3, -0.25) is 0 Å². The van der Waals surface area contributed by atoms with Crippen LogP contribution in [-0.2, 0) is 0 Å². The molecule has 2 aromatic heterocycles. The third-order valence-corrected chi connectivity index (χ3v) is 9.05. The van der Waals surface area contributed by atoms with Crippen LogP contribution in [0.3, 0.4) is 0 Å². The maximum absolute atomic E-state index is 10.6. The molecule has 0 aliphatic rings. The van der Waals surface area contributed by atoms with Gasteiger partial charge in [0.2, 0.25) is 0 Å². The Bertz CT molecular complexity index is 2850. The Kier molecular flexibility index (Phi) is 7.88. The summed E-state index contributed by atoms with van der Waals surface area (Å²) in [4.78, 5) is 14.2. The largest absolute Gasteiger partial charge is 0.309 e. The van der Waals surface area contributed by atoms with Crippen molar-refractivity contribution in [2.75, 3.05) is 0 Å². The fourth-order valence-corrected chi connectivity index (χ4v) is 6.62. The van der Waals surface area contributed by atoms with E-state index in [9.17, 15) is 26.3 Å². The molecule has 0 saturated carbocycles. The van der Waals surface area contributed by atoms with Crippen LogP contribution in [0.25, 0.3) is 72.8 Å². The highest BCUT2D eigenvalue weighted by Crippen LogP contribution is 2.38. The Balaban J connectivity index is 1.29. The molecule has 0 aliphatic carbocycles. The number of fused-ring (bicyclic) bond motifs is 3. The molecule has 0 bridgehead atoms. The van der Waals surface area contributed by atoms with E-state index in [1.807, 2.05) is 114 Å². The number of nitrogens with zero attached hydrogens (tertiary/aromatic N) is 9. The van der Waals surface area contributed by atoms with Crippen LogP contribution in [0.5, 0.6) is 0 Å². The summed E-state index contributed by atoms with van der Waals surface area (Å²) < 4.78 is 2.03. The Hall–Kier alpha value is -8.42. The van der Waals surface area contributed by atoms with Crippen LogP contribution < -0.4 is 0 Å². The van der Waals surface area contributed by atoms with Crippen molar-refractivity contribution < 1.29 is 0 Å². The van der Waals surface area contributed by atoms with Gasteiger partial charge in [0.05, 0.1) is 57.1 Å². The van der Waals surface area contributed by atoms with Crippen molar-refractivity contribution in [2.24, 2.45) is 0 Å². The monoisotopic (exact) mass is 675 g/mol. The molecule has 6 aromatic carbocycles.